The zero-order valence-corrected chi connectivity index (χ0v) is 49.5. The number of carbonyl (C=O) groups excluding carboxylic acids is 4. The van der Waals surface area contributed by atoms with Gasteiger partial charge < -0.3 is 79.6 Å². The van der Waals surface area contributed by atoms with Gasteiger partial charge in [-0.2, -0.15) is 0 Å². The fraction of sp³-hybridized carbons (Fsp3) is 0.179. The van der Waals surface area contributed by atoms with Crippen molar-refractivity contribution >= 4 is 143 Å². The van der Waals surface area contributed by atoms with E-state index in [1.165, 1.54) is 29.7 Å². The van der Waals surface area contributed by atoms with Crippen molar-refractivity contribution in [3.05, 3.63) is 185 Å². The third-order valence-corrected chi connectivity index (χ3v) is 13.9. The van der Waals surface area contributed by atoms with E-state index < -0.39 is 51.1 Å². The molecule has 9 rings (SSSR count). The van der Waals surface area contributed by atoms with E-state index in [2.05, 4.69) is 67.5 Å². The van der Waals surface area contributed by atoms with Gasteiger partial charge in [0.05, 0.1) is 0 Å². The van der Waals surface area contributed by atoms with Crippen LogP contribution in [0.2, 0.25) is 5.02 Å². The maximum absolute atomic E-state index is 12.0. The summed E-state index contributed by atoms with van der Waals surface area (Å²) in [6.07, 6.45) is 7.73. The van der Waals surface area contributed by atoms with Crippen molar-refractivity contribution < 1.29 is 54.2 Å². The molecule has 0 saturated heterocycles. The lowest BCUT2D eigenvalue weighted by atomic mass is 10.1. The Morgan fingerprint density at radius 1 is 0.365 bits per heavy atom. The molecule has 29 heteroatoms. The largest absolute Gasteiger partial charge is 0.755 e. The van der Waals surface area contributed by atoms with Crippen LogP contribution in [0.5, 0.6) is 0 Å². The number of benzene rings is 7. The number of anilines is 11. The van der Waals surface area contributed by atoms with Crippen molar-refractivity contribution in [3.63, 3.8) is 0 Å². The second kappa shape index (κ2) is 33.7. The predicted octanol–water partition coefficient (Wildman–Crippen LogP) is 11.3. The Balaban J connectivity index is 0.000000182. The number of hydrogen-bond acceptors (Lipinski definition) is 12. The van der Waals surface area contributed by atoms with E-state index in [1.54, 1.807) is 109 Å². The zero-order chi connectivity index (χ0) is 61.3. The van der Waals surface area contributed by atoms with Crippen LogP contribution < -0.4 is 61.4 Å². The molecule has 2 aliphatic carbocycles. The van der Waals surface area contributed by atoms with E-state index in [9.17, 15) is 54.2 Å². The number of fused-ring (bicyclic) bond motifs is 1. The molecule has 7 aromatic rings. The first-order chi connectivity index (χ1) is 40.7. The summed E-state index contributed by atoms with van der Waals surface area (Å²) in [5.74, 6) is 0. The molecule has 4 unspecified atom stereocenters. The van der Waals surface area contributed by atoms with Crippen molar-refractivity contribution in [2.45, 2.75) is 64.8 Å². The molecule has 4 atom stereocenters. The Hall–Kier alpha value is -8.45. The first-order valence-electron chi connectivity index (χ1n) is 25.8. The van der Waals surface area contributed by atoms with Gasteiger partial charge in [-0.05, 0) is 214 Å². The maximum atomic E-state index is 12.0. The zero-order valence-electron chi connectivity index (χ0n) is 45.4. The summed E-state index contributed by atoms with van der Waals surface area (Å²) in [5, 5.41) is 22.4. The molecule has 0 bridgehead atoms. The highest BCUT2D eigenvalue weighted by molar-refractivity contribution is 7.81. The average Bonchev–Trinajstić information content (AvgIpc) is 4.39. The highest BCUT2D eigenvalue weighted by Crippen LogP contribution is 2.26. The summed E-state index contributed by atoms with van der Waals surface area (Å²) >= 11 is -3.68. The fourth-order valence-electron chi connectivity index (χ4n) is 8.40. The van der Waals surface area contributed by atoms with Gasteiger partial charge in [0.2, 0.25) is 0 Å². The third kappa shape index (κ3) is 25.1. The Labute approximate surface area is 505 Å². The first kappa shape index (κ1) is 65.7. The molecule has 1 saturated carbocycles. The minimum Gasteiger partial charge on any atom is -0.755 e. The van der Waals surface area contributed by atoms with Crippen LogP contribution in [-0.2, 0) is 57.9 Å². The lowest BCUT2D eigenvalue weighted by Crippen LogP contribution is -2.36. The molecular formula is C56H59ClN12O12S4-4. The molecule has 450 valence electrons. The minimum absolute atomic E-state index is 0.222. The van der Waals surface area contributed by atoms with Crippen molar-refractivity contribution in [1.82, 2.24) is 5.32 Å². The Bertz CT molecular complexity index is 3440. The molecule has 1 fully saturated rings. The standard InChI is InChI=1S/C16H17N3O3S.C15H17N3O3S.C13H12ClN3O3S.C12H17N3O3S/c20-16(17-13-6-8-14(9-7-13)19-23(21)22)18-15-5-4-11-2-1-3-12(11)10-15;1-10-7-11(2)9-14(8-10)17-15(19)16-12-3-5-13(6-4-12)18-22(20)21;14-9-1-3-10(4-2-9)15-13(18)16-11-5-7-12(8-6-11)17-21(19)20;16-12(13-9-3-1-2-4-9)14-10-5-7-11(8-6-10)15-19(17)18/h4-10,19H,1-3H2,(H,21,22)(H2,17,18,20);3-9,18H,1-2H3,(H,20,21)(H2,16,17,19);1-8,17H,(H,19,20)(H2,15,16,18);5-9,15H,1-4H2,(H,17,18)(H2,13,14,16)/p-4. The Morgan fingerprint density at radius 2 is 0.659 bits per heavy atom. The van der Waals surface area contributed by atoms with Gasteiger partial charge in [-0.1, -0.05) is 36.6 Å². The lowest BCUT2D eigenvalue weighted by Gasteiger charge is -2.13. The number of carbonyl (C=O) groups is 4. The number of rotatable bonds is 16. The quantitative estimate of drug-likeness (QED) is 0.0402. The number of hydrogen-bond donors (Lipinski definition) is 12. The van der Waals surface area contributed by atoms with Crippen LogP contribution >= 0.6 is 11.6 Å². The summed E-state index contributed by atoms with van der Waals surface area (Å²) in [6.45, 7) is 3.92. The molecule has 24 nitrogen and oxygen atoms in total. The van der Waals surface area contributed by atoms with Crippen molar-refractivity contribution in [3.8, 4) is 0 Å². The molecule has 7 aromatic carbocycles. The van der Waals surface area contributed by atoms with Gasteiger partial charge in [-0.25, -0.2) is 19.2 Å². The number of halogens is 1. The van der Waals surface area contributed by atoms with Crippen LogP contribution in [0.25, 0.3) is 0 Å². The second-order valence-electron chi connectivity index (χ2n) is 18.7. The Morgan fingerprint density at radius 3 is 1.02 bits per heavy atom. The highest BCUT2D eigenvalue weighted by Gasteiger charge is 2.17. The molecular weight excluding hydrogens is 1200 g/mol. The summed E-state index contributed by atoms with van der Waals surface area (Å²) in [5.41, 5.74) is 10.9. The molecule has 12 N–H and O–H groups in total. The van der Waals surface area contributed by atoms with Crippen molar-refractivity contribution in [2.75, 3.05) is 56.1 Å². The van der Waals surface area contributed by atoms with Crippen LogP contribution in [0.1, 0.15) is 54.4 Å². The van der Waals surface area contributed by atoms with E-state index in [-0.39, 0.29) is 24.1 Å². The van der Waals surface area contributed by atoms with Gasteiger partial charge in [-0.15, -0.1) is 0 Å². The van der Waals surface area contributed by atoms with E-state index in [0.717, 1.165) is 61.0 Å². The summed E-state index contributed by atoms with van der Waals surface area (Å²) < 4.78 is 92.7. The SMILES string of the molecule is Cc1cc(C)cc(NC(=O)Nc2ccc(NS(=O)[O-])cc2)c1.O=C(Nc1ccc(Cl)cc1)Nc1ccc(NS(=O)[O-])cc1.O=C(Nc1ccc(NS(=O)[O-])cc1)NC1CCCC1.O=C(Nc1ccc(NS(=O)[O-])cc1)Nc1ccc2c(c1)CCC2. The number of aryl methyl sites for hydroxylation is 4. The predicted molar refractivity (Wildman–Crippen MR) is 334 cm³/mol. The third-order valence-electron chi connectivity index (χ3n) is 12.0. The Kier molecular flexibility index (Phi) is 26.1. The number of urea groups is 4. The van der Waals surface area contributed by atoms with Gasteiger partial charge in [0.15, 0.2) is 0 Å². The van der Waals surface area contributed by atoms with Crippen LogP contribution in [0.4, 0.5) is 81.7 Å². The van der Waals surface area contributed by atoms with Crippen LogP contribution in [0.3, 0.4) is 0 Å². The monoisotopic (exact) mass is 1250 g/mol. The molecule has 2 aliphatic rings. The molecule has 0 radical (unpaired) electrons. The van der Waals surface area contributed by atoms with Gasteiger partial charge >= 0.3 is 24.1 Å². The molecule has 0 aliphatic heterocycles. The minimum atomic E-state index is -2.37. The van der Waals surface area contributed by atoms with E-state index in [4.69, 9.17) is 11.6 Å². The fourth-order valence-corrected chi connectivity index (χ4v) is 9.84. The normalized spacial score (nSPS) is 13.4. The van der Waals surface area contributed by atoms with Gasteiger partial charge in [0.25, 0.3) is 0 Å². The number of nitrogens with one attached hydrogen (secondary N) is 12. The topological polar surface area (TPSA) is 373 Å². The summed E-state index contributed by atoms with van der Waals surface area (Å²) in [6, 6.07) is 42.8. The smallest absolute Gasteiger partial charge is 0.323 e. The molecule has 0 spiro atoms. The molecule has 0 heterocycles. The van der Waals surface area contributed by atoms with Gasteiger partial charge in [0, 0.05) is 119 Å². The van der Waals surface area contributed by atoms with Crippen molar-refractivity contribution in [1.29, 1.82) is 0 Å². The first-order valence-corrected chi connectivity index (χ1v) is 30.5. The summed E-state index contributed by atoms with van der Waals surface area (Å²) in [7, 11) is 0. The van der Waals surface area contributed by atoms with Gasteiger partial charge in [0.1, 0.15) is 0 Å². The van der Waals surface area contributed by atoms with Crippen molar-refractivity contribution in [2.24, 2.45) is 0 Å². The maximum Gasteiger partial charge on any atom is 0.323 e. The highest BCUT2D eigenvalue weighted by atomic mass is 35.5. The molecule has 8 amide bonds. The average molecular weight is 1260 g/mol. The number of amides is 8. The van der Waals surface area contributed by atoms with Gasteiger partial charge in [-0.3, -0.25) is 16.8 Å². The second-order valence-corrected chi connectivity index (χ2v) is 21.8. The molecule has 0 aromatic heterocycles. The molecule has 85 heavy (non-hydrogen) atoms. The van der Waals surface area contributed by atoms with Crippen LogP contribution in [-0.4, -0.2) is 65.2 Å². The van der Waals surface area contributed by atoms with E-state index in [1.807, 2.05) is 44.2 Å². The van der Waals surface area contributed by atoms with Crippen LogP contribution in [0, 0.1) is 13.8 Å². The van der Waals surface area contributed by atoms with E-state index >= 15 is 0 Å². The lowest BCUT2D eigenvalue weighted by molar-refractivity contribution is 0.248. The summed E-state index contributed by atoms with van der Waals surface area (Å²) in [4.78, 5) is 47.4. The van der Waals surface area contributed by atoms with Crippen LogP contribution in [0.15, 0.2) is 158 Å². The van der Waals surface area contributed by atoms with E-state index in [0.29, 0.717) is 56.2 Å².